The van der Waals surface area contributed by atoms with Crippen LogP contribution in [0.2, 0.25) is 0 Å². The van der Waals surface area contributed by atoms with Gasteiger partial charge in [-0.2, -0.15) is 0 Å². The SMILES string of the molecule is CNC(CC1C(=O)Nc2ccccc21)C(=O)OC. The van der Waals surface area contributed by atoms with Gasteiger partial charge >= 0.3 is 5.97 Å². The molecule has 2 N–H and O–H groups in total. The van der Waals surface area contributed by atoms with Gasteiger partial charge in [0.05, 0.1) is 13.0 Å². The van der Waals surface area contributed by atoms with Crippen LogP contribution in [0, 0.1) is 0 Å². The second-order valence-electron chi connectivity index (χ2n) is 4.23. The van der Waals surface area contributed by atoms with E-state index in [9.17, 15) is 9.59 Å². The summed E-state index contributed by atoms with van der Waals surface area (Å²) in [6, 6.07) is 7.05. The number of benzene rings is 1. The lowest BCUT2D eigenvalue weighted by molar-refractivity contribution is -0.143. The van der Waals surface area contributed by atoms with Crippen LogP contribution in [-0.2, 0) is 14.3 Å². The molecule has 1 aliphatic rings. The molecule has 1 aromatic carbocycles. The van der Waals surface area contributed by atoms with Crippen LogP contribution in [0.3, 0.4) is 0 Å². The zero-order valence-electron chi connectivity index (χ0n) is 10.4. The summed E-state index contributed by atoms with van der Waals surface area (Å²) >= 11 is 0. The molecule has 1 aromatic rings. The molecule has 2 unspecified atom stereocenters. The number of likely N-dealkylation sites (N-methyl/N-ethyl adjacent to an activating group) is 1. The monoisotopic (exact) mass is 248 g/mol. The Morgan fingerprint density at radius 3 is 2.89 bits per heavy atom. The molecule has 18 heavy (non-hydrogen) atoms. The van der Waals surface area contributed by atoms with Gasteiger partial charge in [0.2, 0.25) is 5.91 Å². The van der Waals surface area contributed by atoms with Crippen LogP contribution in [0.1, 0.15) is 17.9 Å². The zero-order valence-corrected chi connectivity index (χ0v) is 10.4. The number of methoxy groups -OCH3 is 1. The molecule has 0 fully saturated rings. The number of amides is 1. The van der Waals surface area contributed by atoms with Crippen molar-refractivity contribution in [1.82, 2.24) is 5.32 Å². The van der Waals surface area contributed by atoms with Crippen molar-refractivity contribution >= 4 is 17.6 Å². The molecule has 0 bridgehead atoms. The van der Waals surface area contributed by atoms with E-state index in [1.165, 1.54) is 7.11 Å². The summed E-state index contributed by atoms with van der Waals surface area (Å²) in [6.45, 7) is 0. The standard InChI is InChI=1S/C13H16N2O3/c1-14-11(13(17)18-2)7-9-8-5-3-4-6-10(8)15-12(9)16/h3-6,9,11,14H,7H2,1-2H3,(H,15,16). The largest absolute Gasteiger partial charge is 0.468 e. The summed E-state index contributed by atoms with van der Waals surface area (Å²) in [5, 5.41) is 5.69. The van der Waals surface area contributed by atoms with Crippen LogP contribution in [0.4, 0.5) is 5.69 Å². The maximum Gasteiger partial charge on any atom is 0.322 e. The van der Waals surface area contributed by atoms with Crippen molar-refractivity contribution in [3.05, 3.63) is 29.8 Å². The molecule has 0 saturated carbocycles. The van der Waals surface area contributed by atoms with Crippen LogP contribution in [0.25, 0.3) is 0 Å². The molecule has 2 rings (SSSR count). The summed E-state index contributed by atoms with van der Waals surface area (Å²) in [5.41, 5.74) is 1.76. The Kier molecular flexibility index (Phi) is 3.62. The van der Waals surface area contributed by atoms with Crippen molar-refractivity contribution in [3.8, 4) is 0 Å². The van der Waals surface area contributed by atoms with Crippen molar-refractivity contribution in [1.29, 1.82) is 0 Å². The van der Waals surface area contributed by atoms with Gasteiger partial charge in [-0.3, -0.25) is 9.59 Å². The third kappa shape index (κ3) is 2.22. The number of nitrogens with one attached hydrogen (secondary N) is 2. The van der Waals surface area contributed by atoms with Crippen LogP contribution in [0.5, 0.6) is 0 Å². The Morgan fingerprint density at radius 2 is 2.22 bits per heavy atom. The number of para-hydroxylation sites is 1. The van der Waals surface area contributed by atoms with Crippen molar-refractivity contribution in [2.75, 3.05) is 19.5 Å². The predicted molar refractivity (Wildman–Crippen MR) is 67.3 cm³/mol. The quantitative estimate of drug-likeness (QED) is 0.776. The highest BCUT2D eigenvalue weighted by Crippen LogP contribution is 2.35. The maximum absolute atomic E-state index is 11.9. The lowest BCUT2D eigenvalue weighted by Crippen LogP contribution is -2.37. The number of fused-ring (bicyclic) bond motifs is 1. The molecule has 0 radical (unpaired) electrons. The van der Waals surface area contributed by atoms with E-state index in [1.807, 2.05) is 24.3 Å². The fraction of sp³-hybridized carbons (Fsp3) is 0.385. The second-order valence-corrected chi connectivity index (χ2v) is 4.23. The molecule has 1 amide bonds. The number of hydrogen-bond acceptors (Lipinski definition) is 4. The number of rotatable bonds is 4. The molecule has 5 nitrogen and oxygen atoms in total. The summed E-state index contributed by atoms with van der Waals surface area (Å²) in [4.78, 5) is 23.4. The van der Waals surface area contributed by atoms with Gasteiger partial charge in [-0.05, 0) is 25.1 Å². The van der Waals surface area contributed by atoms with E-state index in [2.05, 4.69) is 10.6 Å². The molecule has 96 valence electrons. The maximum atomic E-state index is 11.9. The van der Waals surface area contributed by atoms with Gasteiger partial charge in [0.1, 0.15) is 6.04 Å². The second kappa shape index (κ2) is 5.18. The Balaban J connectivity index is 2.19. The van der Waals surface area contributed by atoms with E-state index in [0.29, 0.717) is 6.42 Å². The number of ether oxygens (including phenoxy) is 1. The lowest BCUT2D eigenvalue weighted by Gasteiger charge is -2.17. The Morgan fingerprint density at radius 1 is 1.50 bits per heavy atom. The first-order valence-electron chi connectivity index (χ1n) is 5.82. The summed E-state index contributed by atoms with van der Waals surface area (Å²) < 4.78 is 4.70. The van der Waals surface area contributed by atoms with E-state index < -0.39 is 6.04 Å². The minimum absolute atomic E-state index is 0.0691. The Bertz CT molecular complexity index is 473. The molecule has 2 atom stereocenters. The smallest absolute Gasteiger partial charge is 0.322 e. The molecule has 0 aromatic heterocycles. The highest BCUT2D eigenvalue weighted by molar-refractivity contribution is 6.03. The van der Waals surface area contributed by atoms with Crippen molar-refractivity contribution in [3.63, 3.8) is 0 Å². The molecule has 0 aliphatic carbocycles. The van der Waals surface area contributed by atoms with Crippen LogP contribution < -0.4 is 10.6 Å². The van der Waals surface area contributed by atoms with Crippen molar-refractivity contribution < 1.29 is 14.3 Å². The summed E-state index contributed by atoms with van der Waals surface area (Å²) in [7, 11) is 3.02. The highest BCUT2D eigenvalue weighted by atomic mass is 16.5. The summed E-state index contributed by atoms with van der Waals surface area (Å²) in [6.07, 6.45) is 0.395. The molecular weight excluding hydrogens is 232 g/mol. The highest BCUT2D eigenvalue weighted by Gasteiger charge is 2.34. The van der Waals surface area contributed by atoms with E-state index in [0.717, 1.165) is 11.3 Å². The number of carbonyl (C=O) groups is 2. The van der Waals surface area contributed by atoms with Crippen molar-refractivity contribution in [2.24, 2.45) is 0 Å². The van der Waals surface area contributed by atoms with E-state index >= 15 is 0 Å². The average Bonchev–Trinajstić information content (AvgIpc) is 2.71. The van der Waals surface area contributed by atoms with Gasteiger partial charge in [-0.25, -0.2) is 0 Å². The van der Waals surface area contributed by atoms with E-state index in [1.54, 1.807) is 7.05 Å². The van der Waals surface area contributed by atoms with Crippen molar-refractivity contribution in [2.45, 2.75) is 18.4 Å². The minimum Gasteiger partial charge on any atom is -0.468 e. The Labute approximate surface area is 106 Å². The Hall–Kier alpha value is -1.88. The first-order chi connectivity index (χ1) is 8.67. The number of anilines is 1. The molecule has 1 aliphatic heterocycles. The normalized spacial score (nSPS) is 19.0. The number of esters is 1. The molecule has 1 heterocycles. The third-order valence-electron chi connectivity index (χ3n) is 3.22. The zero-order chi connectivity index (χ0) is 13.1. The van der Waals surface area contributed by atoms with Gasteiger partial charge in [0, 0.05) is 5.69 Å². The van der Waals surface area contributed by atoms with E-state index in [-0.39, 0.29) is 17.8 Å². The molecule has 0 spiro atoms. The van der Waals surface area contributed by atoms with Gasteiger partial charge in [-0.1, -0.05) is 18.2 Å². The van der Waals surface area contributed by atoms with Gasteiger partial charge in [-0.15, -0.1) is 0 Å². The summed E-state index contributed by atoms with van der Waals surface area (Å²) in [5.74, 6) is -0.729. The van der Waals surface area contributed by atoms with Gasteiger partial charge in [0.25, 0.3) is 0 Å². The average molecular weight is 248 g/mol. The molecule has 5 heteroatoms. The topological polar surface area (TPSA) is 67.4 Å². The van der Waals surface area contributed by atoms with Crippen LogP contribution in [-0.4, -0.2) is 32.1 Å². The first-order valence-corrected chi connectivity index (χ1v) is 5.82. The van der Waals surface area contributed by atoms with Gasteiger partial charge in [0.15, 0.2) is 0 Å². The number of carbonyl (C=O) groups excluding carboxylic acids is 2. The predicted octanol–water partition coefficient (Wildman–Crippen LogP) is 0.873. The fourth-order valence-corrected chi connectivity index (χ4v) is 2.22. The molecular formula is C13H16N2O3. The molecule has 0 saturated heterocycles. The minimum atomic E-state index is -0.475. The van der Waals surface area contributed by atoms with E-state index in [4.69, 9.17) is 4.74 Å². The first kappa shape index (κ1) is 12.6. The number of hydrogen-bond donors (Lipinski definition) is 2. The fourth-order valence-electron chi connectivity index (χ4n) is 2.22. The van der Waals surface area contributed by atoms with Gasteiger partial charge < -0.3 is 15.4 Å². The van der Waals surface area contributed by atoms with Crippen LogP contribution >= 0.6 is 0 Å². The third-order valence-corrected chi connectivity index (χ3v) is 3.22. The lowest BCUT2D eigenvalue weighted by atomic mass is 9.93. The van der Waals surface area contributed by atoms with Crippen LogP contribution in [0.15, 0.2) is 24.3 Å².